The lowest BCUT2D eigenvalue weighted by Gasteiger charge is -2.10. The van der Waals surface area contributed by atoms with Crippen molar-refractivity contribution in [1.29, 1.82) is 0 Å². The highest BCUT2D eigenvalue weighted by Crippen LogP contribution is 2.24. The summed E-state index contributed by atoms with van der Waals surface area (Å²) in [6.07, 6.45) is 2.14. The smallest absolute Gasteiger partial charge is 0.287 e. The highest BCUT2D eigenvalue weighted by atomic mass is 16.3. The van der Waals surface area contributed by atoms with Gasteiger partial charge in [-0.15, -0.1) is 0 Å². The second-order valence-corrected chi connectivity index (χ2v) is 5.51. The number of aliphatic hydroxyl groups is 1. The molecule has 3 rings (SSSR count). The van der Waals surface area contributed by atoms with Gasteiger partial charge in [-0.1, -0.05) is 12.1 Å². The van der Waals surface area contributed by atoms with Gasteiger partial charge in [0.2, 0.25) is 0 Å². The van der Waals surface area contributed by atoms with E-state index in [1.54, 1.807) is 24.3 Å². The number of nitrogens with one attached hydrogen (secondary N) is 1. The van der Waals surface area contributed by atoms with E-state index in [9.17, 15) is 14.7 Å². The van der Waals surface area contributed by atoms with Crippen molar-refractivity contribution < 1.29 is 14.3 Å². The maximum Gasteiger partial charge on any atom is 0.287 e. The van der Waals surface area contributed by atoms with Crippen molar-refractivity contribution in [1.82, 2.24) is 5.32 Å². The van der Waals surface area contributed by atoms with Gasteiger partial charge in [0.05, 0.1) is 11.5 Å². The minimum Gasteiger partial charge on any atom is -0.451 e. The van der Waals surface area contributed by atoms with Gasteiger partial charge in [0, 0.05) is 12.6 Å². The van der Waals surface area contributed by atoms with E-state index in [4.69, 9.17) is 4.42 Å². The molecule has 2 unspecified atom stereocenters. The monoisotopic (exact) mass is 287 g/mol. The molecule has 2 atom stereocenters. The standard InChI is InChI=1S/C16H17NO4/c18-11-6-5-10(7-11)9-17-16(20)15-8-13(19)12-3-1-2-4-14(12)21-15/h1-4,8,10-11,18H,5-7,9H2,(H,17,20). The summed E-state index contributed by atoms with van der Waals surface area (Å²) in [5.41, 5.74) is 0.185. The zero-order chi connectivity index (χ0) is 14.8. The number of amides is 1. The number of hydrogen-bond donors (Lipinski definition) is 2. The number of rotatable bonds is 3. The lowest BCUT2D eigenvalue weighted by molar-refractivity contribution is 0.0918. The topological polar surface area (TPSA) is 79.5 Å². The van der Waals surface area contributed by atoms with Gasteiger partial charge in [-0.2, -0.15) is 0 Å². The molecule has 0 saturated heterocycles. The summed E-state index contributed by atoms with van der Waals surface area (Å²) in [6, 6.07) is 8.07. The molecule has 1 aromatic carbocycles. The van der Waals surface area contributed by atoms with Gasteiger partial charge < -0.3 is 14.8 Å². The van der Waals surface area contributed by atoms with Gasteiger partial charge in [-0.05, 0) is 37.3 Å². The first-order valence-electron chi connectivity index (χ1n) is 7.12. The van der Waals surface area contributed by atoms with Crippen LogP contribution in [0.5, 0.6) is 0 Å². The highest BCUT2D eigenvalue weighted by Gasteiger charge is 2.23. The fraction of sp³-hybridized carbons (Fsp3) is 0.375. The quantitative estimate of drug-likeness (QED) is 0.900. The van der Waals surface area contributed by atoms with Gasteiger partial charge in [0.1, 0.15) is 5.58 Å². The molecule has 2 aromatic rings. The average molecular weight is 287 g/mol. The van der Waals surface area contributed by atoms with E-state index in [2.05, 4.69) is 5.32 Å². The largest absolute Gasteiger partial charge is 0.451 e. The van der Waals surface area contributed by atoms with Gasteiger partial charge in [-0.25, -0.2) is 0 Å². The van der Waals surface area contributed by atoms with Crippen LogP contribution in [0, 0.1) is 5.92 Å². The molecule has 1 amide bonds. The molecule has 5 nitrogen and oxygen atoms in total. The molecule has 1 aliphatic carbocycles. The third-order valence-corrected chi connectivity index (χ3v) is 3.92. The first kappa shape index (κ1) is 13.8. The minimum absolute atomic E-state index is 0.0252. The number of carbonyl (C=O) groups is 1. The zero-order valence-corrected chi connectivity index (χ0v) is 11.5. The third kappa shape index (κ3) is 2.97. The summed E-state index contributed by atoms with van der Waals surface area (Å²) >= 11 is 0. The van der Waals surface area contributed by atoms with Crippen molar-refractivity contribution in [3.63, 3.8) is 0 Å². The number of aliphatic hydroxyl groups excluding tert-OH is 1. The maximum absolute atomic E-state index is 12.1. The van der Waals surface area contributed by atoms with E-state index < -0.39 is 0 Å². The summed E-state index contributed by atoms with van der Waals surface area (Å²) in [7, 11) is 0. The minimum atomic E-state index is -0.390. The Hall–Kier alpha value is -2.14. The molecule has 1 aliphatic rings. The van der Waals surface area contributed by atoms with Crippen LogP contribution >= 0.6 is 0 Å². The molecule has 110 valence electrons. The number of para-hydroxylation sites is 1. The van der Waals surface area contributed by atoms with Crippen molar-refractivity contribution in [2.24, 2.45) is 5.92 Å². The Labute approximate surface area is 121 Å². The predicted octanol–water partition coefficient (Wildman–Crippen LogP) is 1.68. The Morgan fingerprint density at radius 3 is 2.90 bits per heavy atom. The molecule has 0 bridgehead atoms. The van der Waals surface area contributed by atoms with Gasteiger partial charge in [0.15, 0.2) is 11.2 Å². The fourth-order valence-corrected chi connectivity index (χ4v) is 2.77. The van der Waals surface area contributed by atoms with Crippen LogP contribution in [0.15, 0.2) is 39.5 Å². The molecule has 1 aromatic heterocycles. The summed E-state index contributed by atoms with van der Waals surface area (Å²) in [6.45, 7) is 0.492. The Morgan fingerprint density at radius 2 is 2.14 bits per heavy atom. The molecule has 1 heterocycles. The van der Waals surface area contributed by atoms with Crippen LogP contribution in [0.25, 0.3) is 11.0 Å². The Morgan fingerprint density at radius 1 is 1.33 bits per heavy atom. The zero-order valence-electron chi connectivity index (χ0n) is 11.5. The van der Waals surface area contributed by atoms with Crippen LogP contribution in [0.1, 0.15) is 29.8 Å². The van der Waals surface area contributed by atoms with Crippen molar-refractivity contribution >= 4 is 16.9 Å². The summed E-state index contributed by atoms with van der Waals surface area (Å²) in [4.78, 5) is 24.0. The number of fused-ring (bicyclic) bond motifs is 1. The second-order valence-electron chi connectivity index (χ2n) is 5.51. The van der Waals surface area contributed by atoms with Gasteiger partial charge in [0.25, 0.3) is 5.91 Å². The molecular formula is C16H17NO4. The molecule has 1 saturated carbocycles. The molecule has 0 radical (unpaired) electrons. The number of benzene rings is 1. The van der Waals surface area contributed by atoms with Crippen LogP contribution in [0.3, 0.4) is 0 Å². The van der Waals surface area contributed by atoms with Crippen LogP contribution in [-0.4, -0.2) is 23.7 Å². The molecule has 0 aliphatic heterocycles. The van der Waals surface area contributed by atoms with Crippen LogP contribution in [0.4, 0.5) is 0 Å². The van der Waals surface area contributed by atoms with Crippen LogP contribution < -0.4 is 10.7 Å². The lowest BCUT2D eigenvalue weighted by Crippen LogP contribution is -2.29. The SMILES string of the molecule is O=C(NCC1CCC(O)C1)c1cc(=O)c2ccccc2o1. The predicted molar refractivity (Wildman–Crippen MR) is 78.2 cm³/mol. The average Bonchev–Trinajstić information content (AvgIpc) is 2.90. The number of hydrogen-bond acceptors (Lipinski definition) is 4. The van der Waals surface area contributed by atoms with Crippen molar-refractivity contribution in [3.8, 4) is 0 Å². The summed E-state index contributed by atoms with van der Waals surface area (Å²) < 4.78 is 5.48. The first-order valence-corrected chi connectivity index (χ1v) is 7.12. The van der Waals surface area contributed by atoms with Crippen molar-refractivity contribution in [2.75, 3.05) is 6.54 Å². The van der Waals surface area contributed by atoms with Crippen molar-refractivity contribution in [2.45, 2.75) is 25.4 Å². The van der Waals surface area contributed by atoms with Gasteiger partial charge >= 0.3 is 0 Å². The van der Waals surface area contributed by atoms with Crippen LogP contribution in [0.2, 0.25) is 0 Å². The lowest BCUT2D eigenvalue weighted by atomic mass is 10.1. The first-order chi connectivity index (χ1) is 10.1. The second kappa shape index (κ2) is 5.69. The van der Waals surface area contributed by atoms with E-state index in [-0.39, 0.29) is 29.1 Å². The molecule has 5 heteroatoms. The molecule has 21 heavy (non-hydrogen) atoms. The Kier molecular flexibility index (Phi) is 3.75. The van der Waals surface area contributed by atoms with E-state index in [1.807, 2.05) is 0 Å². The third-order valence-electron chi connectivity index (χ3n) is 3.92. The van der Waals surface area contributed by atoms with Crippen molar-refractivity contribution in [3.05, 3.63) is 46.3 Å². The number of carbonyl (C=O) groups excluding carboxylic acids is 1. The fourth-order valence-electron chi connectivity index (χ4n) is 2.77. The molecular weight excluding hydrogens is 270 g/mol. The summed E-state index contributed by atoms with van der Waals surface area (Å²) in [5.74, 6) is -0.0763. The van der Waals surface area contributed by atoms with E-state index in [0.29, 0.717) is 23.9 Å². The molecule has 1 fully saturated rings. The van der Waals surface area contributed by atoms with Crippen LogP contribution in [-0.2, 0) is 0 Å². The normalized spacial score (nSPS) is 21.6. The summed E-state index contributed by atoms with van der Waals surface area (Å²) in [5, 5.41) is 12.7. The Balaban J connectivity index is 1.74. The Bertz CT molecular complexity index is 722. The van der Waals surface area contributed by atoms with E-state index in [1.165, 1.54) is 6.07 Å². The molecule has 0 spiro atoms. The van der Waals surface area contributed by atoms with E-state index >= 15 is 0 Å². The highest BCUT2D eigenvalue weighted by molar-refractivity contribution is 5.93. The van der Waals surface area contributed by atoms with Gasteiger partial charge in [-0.3, -0.25) is 9.59 Å². The van der Waals surface area contributed by atoms with E-state index in [0.717, 1.165) is 12.8 Å². The molecule has 2 N–H and O–H groups in total. The maximum atomic E-state index is 12.1.